The summed E-state index contributed by atoms with van der Waals surface area (Å²) in [6, 6.07) is 1.45. The molecule has 1 fully saturated rings. The molecule has 10 nitrogen and oxygen atoms in total. The fourth-order valence-electron chi connectivity index (χ4n) is 3.45. The zero-order valence-corrected chi connectivity index (χ0v) is 19.2. The van der Waals surface area contributed by atoms with E-state index in [-0.39, 0.29) is 21.0 Å². The van der Waals surface area contributed by atoms with Crippen LogP contribution in [0, 0.1) is 18.6 Å². The first kappa shape index (κ1) is 24.8. The normalized spacial score (nSPS) is 17.4. The average Bonchev–Trinajstić information content (AvgIpc) is 3.22. The Bertz CT molecular complexity index is 1230. The summed E-state index contributed by atoms with van der Waals surface area (Å²) in [6.07, 6.45) is 0. The van der Waals surface area contributed by atoms with E-state index < -0.39 is 59.1 Å². The first-order valence-electron chi connectivity index (χ1n) is 9.64. The molecule has 2 heterocycles. The Kier molecular flexibility index (Phi) is 6.68. The lowest BCUT2D eigenvalue weighted by Gasteiger charge is -2.22. The molecule has 0 bridgehead atoms. The maximum Gasteiger partial charge on any atom is 0.348 e. The van der Waals surface area contributed by atoms with Crippen molar-refractivity contribution in [3.8, 4) is 0 Å². The van der Waals surface area contributed by atoms with Crippen molar-refractivity contribution in [2.45, 2.75) is 19.4 Å². The number of hydrogen-bond donors (Lipinski definition) is 2. The molecule has 13 heteroatoms. The number of halogens is 2. The second-order valence-corrected chi connectivity index (χ2v) is 8.38. The van der Waals surface area contributed by atoms with E-state index >= 15 is 0 Å². The number of imide groups is 1. The molecule has 1 aromatic carbocycles. The predicted octanol–water partition coefficient (Wildman–Crippen LogP) is 2.31. The van der Waals surface area contributed by atoms with Crippen molar-refractivity contribution >= 4 is 46.1 Å². The van der Waals surface area contributed by atoms with Crippen LogP contribution in [0.3, 0.4) is 0 Å². The van der Waals surface area contributed by atoms with E-state index in [9.17, 15) is 32.8 Å². The molecule has 1 aliphatic rings. The van der Waals surface area contributed by atoms with Crippen LogP contribution in [0.15, 0.2) is 18.2 Å². The first-order valence-corrected chi connectivity index (χ1v) is 10.5. The minimum Gasteiger partial charge on any atom is -0.465 e. The largest absolute Gasteiger partial charge is 0.465 e. The van der Waals surface area contributed by atoms with Gasteiger partial charge in [-0.25, -0.2) is 23.2 Å². The van der Waals surface area contributed by atoms with Gasteiger partial charge < -0.3 is 20.1 Å². The van der Waals surface area contributed by atoms with Gasteiger partial charge in [0, 0.05) is 5.56 Å². The number of methoxy groups -OCH3 is 2. The van der Waals surface area contributed by atoms with E-state index in [2.05, 4.69) is 15.4 Å². The SMILES string of the molecule is COC(=O)c1sc(NC(=O)CN2C(=O)NC(C)(c3cc(F)ccc3F)C2=O)c(C(=O)OC)c1C. The highest BCUT2D eigenvalue weighted by Gasteiger charge is 2.51. The number of carbonyl (C=O) groups excluding carboxylic acids is 5. The monoisotopic (exact) mass is 495 g/mol. The van der Waals surface area contributed by atoms with E-state index in [0.717, 1.165) is 43.8 Å². The van der Waals surface area contributed by atoms with Crippen LogP contribution in [0.5, 0.6) is 0 Å². The van der Waals surface area contributed by atoms with E-state index in [0.29, 0.717) is 4.90 Å². The molecular formula is C21H19F2N3O7S. The molecule has 2 aromatic rings. The lowest BCUT2D eigenvalue weighted by molar-refractivity contribution is -0.133. The number of anilines is 1. The Hall–Kier alpha value is -3.87. The fourth-order valence-corrected chi connectivity index (χ4v) is 4.58. The molecule has 1 aromatic heterocycles. The van der Waals surface area contributed by atoms with Gasteiger partial charge in [0.1, 0.15) is 33.6 Å². The summed E-state index contributed by atoms with van der Waals surface area (Å²) in [5.74, 6) is -5.19. The van der Waals surface area contributed by atoms with E-state index in [1.807, 2.05) is 0 Å². The summed E-state index contributed by atoms with van der Waals surface area (Å²) >= 11 is 0.748. The highest BCUT2D eigenvalue weighted by molar-refractivity contribution is 7.18. The Labute approximate surface area is 195 Å². The number of thiophene rings is 1. The molecule has 2 N–H and O–H groups in total. The third-order valence-corrected chi connectivity index (χ3v) is 6.39. The van der Waals surface area contributed by atoms with Gasteiger partial charge in [0.25, 0.3) is 5.91 Å². The summed E-state index contributed by atoms with van der Waals surface area (Å²) in [4.78, 5) is 62.8. The molecule has 1 saturated heterocycles. The van der Waals surface area contributed by atoms with Gasteiger partial charge in [0.2, 0.25) is 5.91 Å². The van der Waals surface area contributed by atoms with Crippen LogP contribution in [0.4, 0.5) is 18.6 Å². The second kappa shape index (κ2) is 9.17. The number of ether oxygens (including phenoxy) is 2. The number of hydrogen-bond acceptors (Lipinski definition) is 8. The third-order valence-electron chi connectivity index (χ3n) is 5.20. The number of urea groups is 1. The second-order valence-electron chi connectivity index (χ2n) is 7.36. The zero-order valence-electron chi connectivity index (χ0n) is 18.4. The molecule has 0 aliphatic carbocycles. The van der Waals surface area contributed by atoms with Gasteiger partial charge >= 0.3 is 18.0 Å². The van der Waals surface area contributed by atoms with Gasteiger partial charge in [-0.3, -0.25) is 14.5 Å². The van der Waals surface area contributed by atoms with E-state index in [1.54, 1.807) is 0 Å². The molecule has 0 saturated carbocycles. The number of nitrogens with zero attached hydrogens (tertiary/aromatic N) is 1. The number of nitrogens with one attached hydrogen (secondary N) is 2. The van der Waals surface area contributed by atoms with Gasteiger partial charge in [-0.1, -0.05) is 0 Å². The number of amides is 4. The molecule has 180 valence electrons. The van der Waals surface area contributed by atoms with Crippen LogP contribution < -0.4 is 10.6 Å². The molecular weight excluding hydrogens is 476 g/mol. The van der Waals surface area contributed by atoms with Gasteiger partial charge in [0.05, 0.1) is 19.8 Å². The topological polar surface area (TPSA) is 131 Å². The molecule has 3 rings (SSSR count). The van der Waals surface area contributed by atoms with Crippen LogP contribution in [-0.2, 0) is 24.6 Å². The van der Waals surface area contributed by atoms with Crippen molar-refractivity contribution in [2.24, 2.45) is 0 Å². The highest BCUT2D eigenvalue weighted by atomic mass is 32.1. The molecule has 1 aliphatic heterocycles. The standard InChI is InChI=1S/C21H19F2N3O7S/c1-9-14(17(28)32-3)16(34-15(9)18(29)33-4)24-13(27)8-26-19(30)21(2,25-20(26)31)11-7-10(22)5-6-12(11)23/h5-7H,8H2,1-4H3,(H,24,27)(H,25,31). The van der Waals surface area contributed by atoms with Crippen molar-refractivity contribution < 1.29 is 42.2 Å². The first-order chi connectivity index (χ1) is 15.9. The minimum atomic E-state index is -1.95. The molecule has 0 spiro atoms. The van der Waals surface area contributed by atoms with Gasteiger partial charge in [0.15, 0.2) is 0 Å². The molecule has 1 unspecified atom stereocenters. The van der Waals surface area contributed by atoms with Crippen LogP contribution >= 0.6 is 11.3 Å². The summed E-state index contributed by atoms with van der Waals surface area (Å²) in [7, 11) is 2.26. The smallest absolute Gasteiger partial charge is 0.348 e. The Balaban J connectivity index is 1.86. The Morgan fingerprint density at radius 3 is 2.41 bits per heavy atom. The summed E-state index contributed by atoms with van der Waals surface area (Å²) in [6.45, 7) is 1.84. The average molecular weight is 495 g/mol. The van der Waals surface area contributed by atoms with Crippen molar-refractivity contribution in [2.75, 3.05) is 26.1 Å². The van der Waals surface area contributed by atoms with E-state index in [4.69, 9.17) is 4.74 Å². The van der Waals surface area contributed by atoms with Crippen molar-refractivity contribution in [3.05, 3.63) is 51.4 Å². The predicted molar refractivity (Wildman–Crippen MR) is 114 cm³/mol. The number of benzene rings is 1. The number of carbonyl (C=O) groups is 5. The third kappa shape index (κ3) is 4.21. The van der Waals surface area contributed by atoms with Crippen molar-refractivity contribution in [1.29, 1.82) is 0 Å². The maximum absolute atomic E-state index is 14.3. The van der Waals surface area contributed by atoms with Crippen LogP contribution in [-0.4, -0.2) is 55.4 Å². The van der Waals surface area contributed by atoms with Crippen molar-refractivity contribution in [1.82, 2.24) is 10.2 Å². The molecule has 1 atom stereocenters. The van der Waals surface area contributed by atoms with Crippen LogP contribution in [0.25, 0.3) is 0 Å². The number of rotatable bonds is 6. The van der Waals surface area contributed by atoms with Crippen LogP contribution in [0.2, 0.25) is 0 Å². The lowest BCUT2D eigenvalue weighted by Crippen LogP contribution is -2.42. The molecule has 34 heavy (non-hydrogen) atoms. The van der Waals surface area contributed by atoms with Gasteiger partial charge in [-0.05, 0) is 37.6 Å². The Morgan fingerprint density at radius 2 is 1.79 bits per heavy atom. The summed E-state index contributed by atoms with van der Waals surface area (Å²) in [5.41, 5.74) is -2.23. The van der Waals surface area contributed by atoms with Gasteiger partial charge in [-0.15, -0.1) is 11.3 Å². The van der Waals surface area contributed by atoms with Crippen molar-refractivity contribution in [3.63, 3.8) is 0 Å². The highest BCUT2D eigenvalue weighted by Crippen LogP contribution is 2.35. The summed E-state index contributed by atoms with van der Waals surface area (Å²) in [5, 5.41) is 4.61. The Morgan fingerprint density at radius 1 is 1.15 bits per heavy atom. The maximum atomic E-state index is 14.3. The zero-order chi connectivity index (χ0) is 25.4. The number of esters is 2. The van der Waals surface area contributed by atoms with Gasteiger partial charge in [-0.2, -0.15) is 0 Å². The lowest BCUT2D eigenvalue weighted by atomic mass is 9.91. The molecule has 0 radical (unpaired) electrons. The fraction of sp³-hybridized carbons (Fsp3) is 0.286. The summed E-state index contributed by atoms with van der Waals surface area (Å²) < 4.78 is 37.3. The van der Waals surface area contributed by atoms with E-state index in [1.165, 1.54) is 13.8 Å². The van der Waals surface area contributed by atoms with Crippen LogP contribution in [0.1, 0.15) is 38.1 Å². The molecule has 4 amide bonds. The quantitative estimate of drug-likeness (QED) is 0.464. The minimum absolute atomic E-state index is 0.0438.